The first-order chi connectivity index (χ1) is 4.74. The summed E-state index contributed by atoms with van der Waals surface area (Å²) in [5, 5.41) is 0. The molecular weight excluding hydrogens is 194 g/mol. The normalized spacial score (nSPS) is 18.8. The number of nitrogens with two attached hydrogens (primary N) is 1. The summed E-state index contributed by atoms with van der Waals surface area (Å²) in [6.45, 7) is 0. The third-order valence-corrected chi connectivity index (χ3v) is 2.10. The second-order valence-corrected chi connectivity index (χ2v) is 3.19. The molecule has 0 atom stereocenters. The van der Waals surface area contributed by atoms with E-state index < -0.39 is 0 Å². The molecule has 1 aliphatic carbocycles. The molecule has 0 aromatic rings. The van der Waals surface area contributed by atoms with Crippen LogP contribution in [0, 0.1) is 0 Å². The lowest BCUT2D eigenvalue weighted by molar-refractivity contribution is 0.272. The van der Waals surface area contributed by atoms with Gasteiger partial charge < -0.3 is 10.5 Å². The highest BCUT2D eigenvalue weighted by Crippen LogP contribution is 2.24. The van der Waals surface area contributed by atoms with E-state index in [1.165, 1.54) is 0 Å². The van der Waals surface area contributed by atoms with Crippen LogP contribution in [0.2, 0.25) is 0 Å². The van der Waals surface area contributed by atoms with Crippen molar-refractivity contribution in [2.24, 2.45) is 5.73 Å². The lowest BCUT2D eigenvalue weighted by Crippen LogP contribution is -2.05. The molecule has 1 aliphatic rings. The number of methoxy groups -OCH3 is 1. The predicted octanol–water partition coefficient (Wildman–Crippen LogP) is 1.88. The van der Waals surface area contributed by atoms with Crippen molar-refractivity contribution < 1.29 is 4.74 Å². The van der Waals surface area contributed by atoms with Crippen molar-refractivity contribution in [3.63, 3.8) is 0 Å². The highest BCUT2D eigenvalue weighted by atomic mass is 79.9. The van der Waals surface area contributed by atoms with Gasteiger partial charge in [-0.3, -0.25) is 0 Å². The number of rotatable bonds is 1. The first-order valence-corrected chi connectivity index (χ1v) is 3.92. The van der Waals surface area contributed by atoms with E-state index in [9.17, 15) is 0 Å². The summed E-state index contributed by atoms with van der Waals surface area (Å²) in [7, 11) is 1.65. The topological polar surface area (TPSA) is 35.2 Å². The summed E-state index contributed by atoms with van der Waals surface area (Å²) in [5.41, 5.74) is 6.36. The zero-order valence-electron chi connectivity index (χ0n) is 5.86. The third-order valence-electron chi connectivity index (χ3n) is 1.47. The van der Waals surface area contributed by atoms with Crippen LogP contribution in [0.25, 0.3) is 0 Å². The van der Waals surface area contributed by atoms with E-state index in [2.05, 4.69) is 15.9 Å². The molecular formula is C7H10BrNO. The van der Waals surface area contributed by atoms with E-state index in [-0.39, 0.29) is 0 Å². The molecule has 10 heavy (non-hydrogen) atoms. The molecule has 0 aliphatic heterocycles. The van der Waals surface area contributed by atoms with E-state index in [4.69, 9.17) is 10.5 Å². The van der Waals surface area contributed by atoms with Gasteiger partial charge in [0.1, 0.15) is 5.76 Å². The van der Waals surface area contributed by atoms with Crippen LogP contribution in [0.4, 0.5) is 0 Å². The fraction of sp³-hybridized carbons (Fsp3) is 0.429. The Bertz CT molecular complexity index is 196. The van der Waals surface area contributed by atoms with Gasteiger partial charge in [-0.1, -0.05) is 15.9 Å². The van der Waals surface area contributed by atoms with Gasteiger partial charge in [-0.15, -0.1) is 0 Å². The Hall–Kier alpha value is -0.440. The molecule has 0 fully saturated rings. The largest absolute Gasteiger partial charge is 0.499 e. The minimum absolute atomic E-state index is 0.737. The van der Waals surface area contributed by atoms with Crippen LogP contribution in [0.3, 0.4) is 0 Å². The Labute approximate surface area is 68.9 Å². The maximum Gasteiger partial charge on any atom is 0.119 e. The summed E-state index contributed by atoms with van der Waals surface area (Å²) in [4.78, 5) is 0. The Kier molecular flexibility index (Phi) is 2.38. The van der Waals surface area contributed by atoms with Crippen molar-refractivity contribution in [3.8, 4) is 0 Å². The first kappa shape index (κ1) is 7.66. The second kappa shape index (κ2) is 3.10. The van der Waals surface area contributed by atoms with Crippen molar-refractivity contribution in [1.29, 1.82) is 0 Å². The van der Waals surface area contributed by atoms with E-state index in [0.29, 0.717) is 0 Å². The third kappa shape index (κ3) is 1.53. The van der Waals surface area contributed by atoms with Crippen molar-refractivity contribution in [2.45, 2.75) is 12.8 Å². The molecule has 0 heterocycles. The average molecular weight is 204 g/mol. The van der Waals surface area contributed by atoms with Crippen LogP contribution in [-0.4, -0.2) is 7.11 Å². The van der Waals surface area contributed by atoms with Crippen molar-refractivity contribution in [1.82, 2.24) is 0 Å². The predicted molar refractivity (Wildman–Crippen MR) is 44.5 cm³/mol. The van der Waals surface area contributed by atoms with Gasteiger partial charge >= 0.3 is 0 Å². The van der Waals surface area contributed by atoms with Crippen LogP contribution < -0.4 is 5.73 Å². The molecule has 0 aromatic carbocycles. The molecule has 0 spiro atoms. The van der Waals surface area contributed by atoms with Gasteiger partial charge in [0.2, 0.25) is 0 Å². The maximum atomic E-state index is 5.63. The summed E-state index contributed by atoms with van der Waals surface area (Å²) >= 11 is 3.38. The van der Waals surface area contributed by atoms with Gasteiger partial charge in [-0.05, 0) is 17.0 Å². The SMILES string of the molecule is COC1=C(N)C=C(Br)CC1. The van der Waals surface area contributed by atoms with E-state index in [1.807, 2.05) is 6.08 Å². The number of hydrogen-bond donors (Lipinski definition) is 1. The molecule has 0 saturated carbocycles. The lowest BCUT2D eigenvalue weighted by atomic mass is 10.1. The molecule has 0 radical (unpaired) electrons. The Morgan fingerprint density at radius 2 is 2.30 bits per heavy atom. The smallest absolute Gasteiger partial charge is 0.119 e. The monoisotopic (exact) mass is 203 g/mol. The number of hydrogen-bond acceptors (Lipinski definition) is 2. The zero-order chi connectivity index (χ0) is 7.56. The van der Waals surface area contributed by atoms with Crippen LogP contribution in [0.15, 0.2) is 22.0 Å². The van der Waals surface area contributed by atoms with Gasteiger partial charge in [-0.2, -0.15) is 0 Å². The lowest BCUT2D eigenvalue weighted by Gasteiger charge is -2.12. The van der Waals surface area contributed by atoms with E-state index in [0.717, 1.165) is 28.8 Å². The summed E-state index contributed by atoms with van der Waals surface area (Å²) in [6.07, 6.45) is 3.78. The molecule has 0 bridgehead atoms. The van der Waals surface area contributed by atoms with Gasteiger partial charge in [0, 0.05) is 6.42 Å². The minimum Gasteiger partial charge on any atom is -0.499 e. The molecule has 0 saturated heterocycles. The van der Waals surface area contributed by atoms with E-state index in [1.54, 1.807) is 7.11 Å². The van der Waals surface area contributed by atoms with Gasteiger partial charge in [0.05, 0.1) is 12.8 Å². The zero-order valence-corrected chi connectivity index (χ0v) is 7.44. The molecule has 2 N–H and O–H groups in total. The summed E-state index contributed by atoms with van der Waals surface area (Å²) < 4.78 is 6.19. The number of halogens is 1. The minimum atomic E-state index is 0.737. The Morgan fingerprint density at radius 1 is 1.60 bits per heavy atom. The van der Waals surface area contributed by atoms with Crippen LogP contribution in [0.1, 0.15) is 12.8 Å². The molecule has 0 aromatic heterocycles. The van der Waals surface area contributed by atoms with Crippen LogP contribution in [0.5, 0.6) is 0 Å². The Morgan fingerprint density at radius 3 is 2.80 bits per heavy atom. The quantitative estimate of drug-likeness (QED) is 0.707. The highest BCUT2D eigenvalue weighted by molar-refractivity contribution is 9.11. The van der Waals surface area contributed by atoms with Crippen LogP contribution in [-0.2, 0) is 4.74 Å². The van der Waals surface area contributed by atoms with Gasteiger partial charge in [-0.25, -0.2) is 0 Å². The molecule has 56 valence electrons. The highest BCUT2D eigenvalue weighted by Gasteiger charge is 2.08. The van der Waals surface area contributed by atoms with Crippen molar-refractivity contribution in [3.05, 3.63) is 22.0 Å². The molecule has 2 nitrogen and oxygen atoms in total. The van der Waals surface area contributed by atoms with Crippen molar-refractivity contribution >= 4 is 15.9 Å². The maximum absolute atomic E-state index is 5.63. The standard InChI is InChI=1S/C7H10BrNO/c1-10-7-3-2-5(8)4-6(7)9/h4H,2-3,9H2,1H3. The number of allylic oxidation sites excluding steroid dienone is 3. The summed E-state index contributed by atoms with van der Waals surface area (Å²) in [5.74, 6) is 0.892. The number of ether oxygens (including phenoxy) is 1. The molecule has 0 amide bonds. The Balaban J connectivity index is 2.80. The fourth-order valence-corrected chi connectivity index (χ4v) is 1.36. The first-order valence-electron chi connectivity index (χ1n) is 3.12. The van der Waals surface area contributed by atoms with Gasteiger partial charge in [0.25, 0.3) is 0 Å². The second-order valence-electron chi connectivity index (χ2n) is 2.17. The van der Waals surface area contributed by atoms with Crippen molar-refractivity contribution in [2.75, 3.05) is 7.11 Å². The van der Waals surface area contributed by atoms with E-state index >= 15 is 0 Å². The summed E-state index contributed by atoms with van der Waals surface area (Å²) in [6, 6.07) is 0. The fourth-order valence-electron chi connectivity index (χ4n) is 0.919. The van der Waals surface area contributed by atoms with Gasteiger partial charge in [0.15, 0.2) is 0 Å². The van der Waals surface area contributed by atoms with Crippen LogP contribution >= 0.6 is 15.9 Å². The molecule has 0 unspecified atom stereocenters. The molecule has 3 heteroatoms. The molecule has 1 rings (SSSR count). The average Bonchev–Trinajstić information content (AvgIpc) is 1.88.